The summed E-state index contributed by atoms with van der Waals surface area (Å²) in [6.07, 6.45) is -2.09. The summed E-state index contributed by atoms with van der Waals surface area (Å²) in [5.74, 6) is -0.852. The van der Waals surface area contributed by atoms with Crippen LogP contribution < -0.4 is 10.1 Å². The Morgan fingerprint density at radius 3 is 2.40 bits per heavy atom. The van der Waals surface area contributed by atoms with Crippen molar-refractivity contribution in [2.45, 2.75) is 39.7 Å². The first kappa shape index (κ1) is 20.8. The van der Waals surface area contributed by atoms with Crippen molar-refractivity contribution in [2.75, 3.05) is 13.7 Å². The van der Waals surface area contributed by atoms with Crippen molar-refractivity contribution in [3.63, 3.8) is 0 Å². The number of nitrogens with one attached hydrogen (secondary N) is 1. The number of imide groups is 1. The molecular weight excluding hydrogens is 350 g/mol. The number of rotatable bonds is 6. The number of hydrogen-bond donors (Lipinski definition) is 1. The van der Waals surface area contributed by atoms with Crippen LogP contribution in [0.1, 0.15) is 37.8 Å². The van der Waals surface area contributed by atoms with E-state index in [2.05, 4.69) is 4.74 Å². The van der Waals surface area contributed by atoms with Crippen LogP contribution in [0.15, 0.2) is 12.1 Å². The van der Waals surface area contributed by atoms with Gasteiger partial charge in [0, 0.05) is 5.02 Å². The molecule has 1 N–H and O–H groups in total. The molecule has 0 unspecified atom stereocenters. The van der Waals surface area contributed by atoms with Crippen molar-refractivity contribution in [3.05, 3.63) is 28.3 Å². The highest BCUT2D eigenvalue weighted by Gasteiger charge is 2.21. The van der Waals surface area contributed by atoms with Gasteiger partial charge in [0.15, 0.2) is 12.7 Å². The number of esters is 1. The molecular formula is C17H22ClNO6. The molecule has 8 heteroatoms. The molecule has 0 spiro atoms. The number of aryl methyl sites for hydroxylation is 1. The van der Waals surface area contributed by atoms with Crippen molar-refractivity contribution in [1.29, 1.82) is 0 Å². The van der Waals surface area contributed by atoms with Gasteiger partial charge < -0.3 is 14.2 Å². The van der Waals surface area contributed by atoms with E-state index in [4.69, 9.17) is 21.1 Å². The predicted octanol–water partition coefficient (Wildman–Crippen LogP) is 2.96. The summed E-state index contributed by atoms with van der Waals surface area (Å²) < 4.78 is 14.7. The van der Waals surface area contributed by atoms with Crippen LogP contribution in [0, 0.1) is 6.92 Å². The summed E-state index contributed by atoms with van der Waals surface area (Å²) in [7, 11) is 1.12. The smallest absolute Gasteiger partial charge is 0.413 e. The zero-order valence-corrected chi connectivity index (χ0v) is 15.6. The van der Waals surface area contributed by atoms with E-state index in [0.717, 1.165) is 18.2 Å². The van der Waals surface area contributed by atoms with Gasteiger partial charge in [0.1, 0.15) is 5.75 Å². The Kier molecular flexibility index (Phi) is 7.70. The maximum absolute atomic E-state index is 11.9. The maximum atomic E-state index is 11.9. The topological polar surface area (TPSA) is 90.9 Å². The van der Waals surface area contributed by atoms with E-state index >= 15 is 0 Å². The van der Waals surface area contributed by atoms with Crippen molar-refractivity contribution >= 4 is 29.6 Å². The fraction of sp³-hybridized carbons (Fsp3) is 0.471. The van der Waals surface area contributed by atoms with E-state index in [1.807, 2.05) is 26.1 Å². The number of amides is 2. The van der Waals surface area contributed by atoms with Gasteiger partial charge in [-0.05, 0) is 43.0 Å². The summed E-state index contributed by atoms with van der Waals surface area (Å²) in [6, 6.07) is 3.55. The van der Waals surface area contributed by atoms with Gasteiger partial charge in [0.05, 0.1) is 7.11 Å². The Hall–Kier alpha value is -2.28. The number of carbonyl (C=O) groups excluding carboxylic acids is 3. The molecule has 0 aliphatic carbocycles. The van der Waals surface area contributed by atoms with Crippen LogP contribution in [0.4, 0.5) is 4.79 Å². The minimum absolute atomic E-state index is 0.147. The molecule has 0 radical (unpaired) electrons. The molecule has 2 amide bonds. The first-order valence-electron chi connectivity index (χ1n) is 7.66. The molecule has 1 rings (SSSR count). The monoisotopic (exact) mass is 371 g/mol. The molecule has 0 saturated carbocycles. The van der Waals surface area contributed by atoms with Gasteiger partial charge in [-0.25, -0.2) is 9.59 Å². The third kappa shape index (κ3) is 6.26. The van der Waals surface area contributed by atoms with Crippen molar-refractivity contribution in [3.8, 4) is 5.75 Å². The molecule has 0 fully saturated rings. The predicted molar refractivity (Wildman–Crippen MR) is 91.9 cm³/mol. The quantitative estimate of drug-likeness (QED) is 0.773. The van der Waals surface area contributed by atoms with Gasteiger partial charge in [0.25, 0.3) is 5.91 Å². The lowest BCUT2D eigenvalue weighted by atomic mass is 10.0. The number of benzene rings is 1. The van der Waals surface area contributed by atoms with Crippen LogP contribution in [-0.4, -0.2) is 37.8 Å². The van der Waals surface area contributed by atoms with Crippen LogP contribution in [-0.2, 0) is 19.1 Å². The van der Waals surface area contributed by atoms with Crippen LogP contribution >= 0.6 is 11.6 Å². The number of hydrogen-bond acceptors (Lipinski definition) is 6. The summed E-state index contributed by atoms with van der Waals surface area (Å²) in [4.78, 5) is 34.4. The second kappa shape index (κ2) is 9.27. The molecule has 7 nitrogen and oxygen atoms in total. The molecule has 0 bridgehead atoms. The Balaban J connectivity index is 2.66. The summed E-state index contributed by atoms with van der Waals surface area (Å²) in [5, 5.41) is 2.53. The highest BCUT2D eigenvalue weighted by atomic mass is 35.5. The molecule has 0 aromatic heterocycles. The van der Waals surface area contributed by atoms with Crippen LogP contribution in [0.25, 0.3) is 0 Å². The van der Waals surface area contributed by atoms with E-state index in [-0.39, 0.29) is 12.5 Å². The van der Waals surface area contributed by atoms with Crippen molar-refractivity contribution in [2.24, 2.45) is 0 Å². The number of methoxy groups -OCH3 is 1. The van der Waals surface area contributed by atoms with Gasteiger partial charge in [-0.3, -0.25) is 10.1 Å². The average molecular weight is 372 g/mol. The van der Waals surface area contributed by atoms with Gasteiger partial charge >= 0.3 is 12.1 Å². The van der Waals surface area contributed by atoms with Gasteiger partial charge in [0.2, 0.25) is 0 Å². The summed E-state index contributed by atoms with van der Waals surface area (Å²) >= 11 is 6.12. The minimum Gasteiger partial charge on any atom is -0.482 e. The Bertz CT molecular complexity index is 659. The third-order valence-corrected chi connectivity index (χ3v) is 3.75. The summed E-state index contributed by atoms with van der Waals surface area (Å²) in [5.41, 5.74) is 1.68. The van der Waals surface area contributed by atoms with Crippen LogP contribution in [0.2, 0.25) is 5.02 Å². The van der Waals surface area contributed by atoms with Crippen LogP contribution in [0.3, 0.4) is 0 Å². The SMILES string of the molecule is COC(=O)NC(=O)[C@@H](C)OC(=O)COc1cc(C)c(Cl)cc1C(C)C. The molecule has 0 heterocycles. The lowest BCUT2D eigenvalue weighted by molar-refractivity contribution is -0.156. The molecule has 0 saturated heterocycles. The second-order valence-electron chi connectivity index (χ2n) is 5.70. The summed E-state index contributed by atoms with van der Waals surface area (Å²) in [6.45, 7) is 6.74. The largest absolute Gasteiger partial charge is 0.482 e. The lowest BCUT2D eigenvalue weighted by Crippen LogP contribution is -2.40. The van der Waals surface area contributed by atoms with Gasteiger partial charge in [-0.1, -0.05) is 25.4 Å². The fourth-order valence-corrected chi connectivity index (χ4v) is 2.09. The Morgan fingerprint density at radius 2 is 1.84 bits per heavy atom. The molecule has 1 aromatic carbocycles. The zero-order valence-electron chi connectivity index (χ0n) is 14.8. The van der Waals surface area contributed by atoms with E-state index < -0.39 is 24.1 Å². The minimum atomic E-state index is -1.16. The van der Waals surface area contributed by atoms with Crippen molar-refractivity contribution in [1.82, 2.24) is 5.32 Å². The molecule has 1 aromatic rings. The lowest BCUT2D eigenvalue weighted by Gasteiger charge is -2.16. The van der Waals surface area contributed by atoms with Crippen LogP contribution in [0.5, 0.6) is 5.75 Å². The molecule has 138 valence electrons. The molecule has 0 aliphatic heterocycles. The number of ether oxygens (including phenoxy) is 3. The van der Waals surface area contributed by atoms with Gasteiger partial charge in [-0.15, -0.1) is 0 Å². The van der Waals surface area contributed by atoms with E-state index in [1.165, 1.54) is 6.92 Å². The average Bonchev–Trinajstić information content (AvgIpc) is 2.54. The Labute approximate surface area is 151 Å². The second-order valence-corrected chi connectivity index (χ2v) is 6.10. The molecule has 1 atom stereocenters. The third-order valence-electron chi connectivity index (χ3n) is 3.35. The molecule has 0 aliphatic rings. The van der Waals surface area contributed by atoms with E-state index in [0.29, 0.717) is 10.8 Å². The van der Waals surface area contributed by atoms with Gasteiger partial charge in [-0.2, -0.15) is 0 Å². The first-order valence-corrected chi connectivity index (χ1v) is 8.04. The highest BCUT2D eigenvalue weighted by Crippen LogP contribution is 2.31. The first-order chi connectivity index (χ1) is 11.6. The maximum Gasteiger partial charge on any atom is 0.413 e. The van der Waals surface area contributed by atoms with Crippen molar-refractivity contribution < 1.29 is 28.6 Å². The standard InChI is InChI=1S/C17H22ClNO6/c1-9(2)12-7-13(18)10(3)6-14(12)24-8-15(20)25-11(4)16(21)19-17(22)23-5/h6-7,9,11H,8H2,1-5H3,(H,19,21,22)/t11-/m1/s1. The fourth-order valence-electron chi connectivity index (χ4n) is 1.92. The zero-order chi connectivity index (χ0) is 19.1. The number of carbonyl (C=O) groups is 3. The molecule has 25 heavy (non-hydrogen) atoms. The Morgan fingerprint density at radius 1 is 1.20 bits per heavy atom. The number of alkyl carbamates (subject to hydrolysis) is 1. The number of halogens is 1. The van der Waals surface area contributed by atoms with E-state index in [9.17, 15) is 14.4 Å². The normalized spacial score (nSPS) is 11.6. The van der Waals surface area contributed by atoms with E-state index in [1.54, 1.807) is 12.1 Å². The highest BCUT2D eigenvalue weighted by molar-refractivity contribution is 6.31.